The molecule has 0 aromatic heterocycles. The van der Waals surface area contributed by atoms with Crippen LogP contribution in [-0.2, 0) is 27.1 Å². The molecule has 0 bridgehead atoms. The van der Waals surface area contributed by atoms with Crippen LogP contribution in [0.4, 0.5) is 0 Å². The number of rotatable bonds is 9. The maximum Gasteiger partial charge on any atom is 0.144 e. The van der Waals surface area contributed by atoms with Gasteiger partial charge in [-0.3, -0.25) is 0 Å². The van der Waals surface area contributed by atoms with E-state index in [4.69, 9.17) is 9.47 Å². The van der Waals surface area contributed by atoms with Crippen LogP contribution in [0.5, 0.6) is 0 Å². The molecule has 0 amide bonds. The molecular formula is C55H47IO2. The van der Waals surface area contributed by atoms with E-state index in [1.807, 2.05) is 14.2 Å². The maximum atomic E-state index is 7.36. The lowest BCUT2D eigenvalue weighted by Crippen LogP contribution is -2.47. The summed E-state index contributed by atoms with van der Waals surface area (Å²) in [5.74, 6) is 0. The zero-order chi connectivity index (χ0) is 39.0. The van der Waals surface area contributed by atoms with E-state index in [0.29, 0.717) is 0 Å². The molecule has 1 aliphatic rings. The van der Waals surface area contributed by atoms with Gasteiger partial charge in [0.15, 0.2) is 0 Å². The second-order valence-corrected chi connectivity index (χ2v) is 14.9. The topological polar surface area (TPSA) is 18.5 Å². The first-order valence-electron chi connectivity index (χ1n) is 19.9. The summed E-state index contributed by atoms with van der Waals surface area (Å²) in [6.45, 7) is 4.59. The first-order valence-corrected chi connectivity index (χ1v) is 19.9. The fourth-order valence-corrected chi connectivity index (χ4v) is 9.73. The Labute approximate surface area is 360 Å². The average Bonchev–Trinajstić information content (AvgIpc) is 3.29. The first-order chi connectivity index (χ1) is 28.1. The van der Waals surface area contributed by atoms with E-state index >= 15 is 0 Å². The molecule has 2 atom stereocenters. The van der Waals surface area contributed by atoms with Crippen molar-refractivity contribution in [3.05, 3.63) is 239 Å². The molecule has 0 heterocycles. The minimum Gasteiger partial charge on any atom is -0.364 e. The number of methoxy groups -OCH3 is 2. The second-order valence-electron chi connectivity index (χ2n) is 14.9. The number of hydrogen-bond acceptors (Lipinski definition) is 2. The quantitative estimate of drug-likeness (QED) is 0.135. The van der Waals surface area contributed by atoms with Crippen molar-refractivity contribution in [1.29, 1.82) is 0 Å². The molecule has 2 nitrogen and oxygen atoms in total. The summed E-state index contributed by atoms with van der Waals surface area (Å²) in [4.78, 5) is 0. The largest absolute Gasteiger partial charge is 0.364 e. The van der Waals surface area contributed by atoms with Crippen LogP contribution >= 0.6 is 24.0 Å². The van der Waals surface area contributed by atoms with E-state index in [-0.39, 0.29) is 24.0 Å². The third-order valence-electron chi connectivity index (χ3n) is 12.1. The van der Waals surface area contributed by atoms with Crippen molar-refractivity contribution in [2.24, 2.45) is 0 Å². The van der Waals surface area contributed by atoms with Gasteiger partial charge in [0.25, 0.3) is 0 Å². The van der Waals surface area contributed by atoms with Gasteiger partial charge in [-0.2, -0.15) is 0 Å². The Balaban J connectivity index is 0.00000469. The SMILES string of the molecule is CCc1c(C)c(-c2ccccc2)c2c(c1-c1ccccc1)C(OC)(c1ccccc1)c1cc(-c3ccccc3)c(-c3ccccc3)cc1C2(OC)c1ccccc1.I. The van der Waals surface area contributed by atoms with Crippen LogP contribution in [0.2, 0.25) is 0 Å². The van der Waals surface area contributed by atoms with Crippen molar-refractivity contribution < 1.29 is 9.47 Å². The van der Waals surface area contributed by atoms with Gasteiger partial charge in [-0.15, -0.1) is 24.0 Å². The van der Waals surface area contributed by atoms with Crippen molar-refractivity contribution in [3.8, 4) is 44.5 Å². The molecule has 2 unspecified atom stereocenters. The van der Waals surface area contributed by atoms with Gasteiger partial charge in [-0.25, -0.2) is 0 Å². The highest BCUT2D eigenvalue weighted by atomic mass is 127. The Morgan fingerprint density at radius 3 is 1.07 bits per heavy atom. The van der Waals surface area contributed by atoms with Crippen LogP contribution in [0.15, 0.2) is 194 Å². The normalized spacial score (nSPS) is 16.8. The third-order valence-corrected chi connectivity index (χ3v) is 12.1. The zero-order valence-electron chi connectivity index (χ0n) is 33.4. The predicted octanol–water partition coefficient (Wildman–Crippen LogP) is 14.0. The van der Waals surface area contributed by atoms with Crippen molar-refractivity contribution in [1.82, 2.24) is 0 Å². The van der Waals surface area contributed by atoms with Crippen LogP contribution in [0.1, 0.15) is 51.4 Å². The molecule has 0 aliphatic heterocycles. The average molecular weight is 867 g/mol. The molecule has 286 valence electrons. The van der Waals surface area contributed by atoms with Crippen molar-refractivity contribution in [3.63, 3.8) is 0 Å². The molecular weight excluding hydrogens is 820 g/mol. The van der Waals surface area contributed by atoms with Gasteiger partial charge in [0.1, 0.15) is 11.2 Å². The summed E-state index contributed by atoms with van der Waals surface area (Å²) in [6.07, 6.45) is 0.831. The van der Waals surface area contributed by atoms with E-state index in [1.54, 1.807) is 0 Å². The zero-order valence-corrected chi connectivity index (χ0v) is 35.7. The highest BCUT2D eigenvalue weighted by Gasteiger charge is 2.56. The molecule has 0 saturated heterocycles. The summed E-state index contributed by atoms with van der Waals surface area (Å²) in [7, 11) is 3.77. The Bertz CT molecular complexity index is 2660. The van der Waals surface area contributed by atoms with E-state index in [9.17, 15) is 0 Å². The highest BCUT2D eigenvalue weighted by molar-refractivity contribution is 14.0. The van der Waals surface area contributed by atoms with Crippen LogP contribution < -0.4 is 0 Å². The monoisotopic (exact) mass is 866 g/mol. The minimum atomic E-state index is -1.06. The lowest BCUT2D eigenvalue weighted by Gasteiger charge is -2.51. The Hall–Kier alpha value is -5.59. The van der Waals surface area contributed by atoms with Gasteiger partial charge >= 0.3 is 0 Å². The lowest BCUT2D eigenvalue weighted by molar-refractivity contribution is 0.0174. The summed E-state index contributed by atoms with van der Waals surface area (Å²) >= 11 is 0. The molecule has 9 rings (SSSR count). The van der Waals surface area contributed by atoms with E-state index in [0.717, 1.165) is 73.2 Å². The summed E-state index contributed by atoms with van der Waals surface area (Å²) in [5.41, 5.74) is 16.0. The summed E-state index contributed by atoms with van der Waals surface area (Å²) in [6, 6.07) is 69.7. The molecule has 0 N–H and O–H groups in total. The fourth-order valence-electron chi connectivity index (χ4n) is 9.73. The molecule has 0 saturated carbocycles. The second kappa shape index (κ2) is 16.3. The predicted molar refractivity (Wildman–Crippen MR) is 251 cm³/mol. The van der Waals surface area contributed by atoms with Crippen LogP contribution in [0.25, 0.3) is 44.5 Å². The van der Waals surface area contributed by atoms with E-state index < -0.39 is 11.2 Å². The fraction of sp³-hybridized carbons (Fsp3) is 0.127. The number of halogens is 1. The molecule has 8 aromatic rings. The van der Waals surface area contributed by atoms with Crippen LogP contribution in [0, 0.1) is 6.92 Å². The van der Waals surface area contributed by atoms with Crippen molar-refractivity contribution >= 4 is 24.0 Å². The number of fused-ring (bicyclic) bond motifs is 2. The van der Waals surface area contributed by atoms with Gasteiger partial charge in [0, 0.05) is 36.5 Å². The van der Waals surface area contributed by atoms with E-state index in [2.05, 4.69) is 208 Å². The molecule has 0 radical (unpaired) electrons. The molecule has 58 heavy (non-hydrogen) atoms. The Kier molecular flexibility index (Phi) is 11.1. The number of ether oxygens (including phenoxy) is 2. The minimum absolute atomic E-state index is 0. The molecule has 3 heteroatoms. The van der Waals surface area contributed by atoms with Gasteiger partial charge in [-0.1, -0.05) is 189 Å². The lowest BCUT2D eigenvalue weighted by atomic mass is 9.58. The van der Waals surface area contributed by atoms with Crippen LogP contribution in [0.3, 0.4) is 0 Å². The standard InChI is InChI=1S/C55H46O2.HI/c1-5-45-38(2)50(41-28-16-8-17-29-41)52-53(51(45)42-30-18-9-19-31-42)55(57-4,44-34-22-11-23-35-44)49-37-47(40-26-14-7-15-27-40)46(39-24-12-6-13-25-39)36-48(49)54(52,56-3)43-32-20-10-21-33-43;/h6-37H,5H2,1-4H3;1H. The Morgan fingerprint density at radius 1 is 0.414 bits per heavy atom. The van der Waals surface area contributed by atoms with Gasteiger partial charge in [0.05, 0.1) is 0 Å². The third kappa shape index (κ3) is 6.07. The van der Waals surface area contributed by atoms with Gasteiger partial charge < -0.3 is 9.47 Å². The van der Waals surface area contributed by atoms with Gasteiger partial charge in [-0.05, 0) is 92.2 Å². The van der Waals surface area contributed by atoms with E-state index in [1.165, 1.54) is 22.3 Å². The molecule has 0 spiro atoms. The molecule has 1 aliphatic carbocycles. The number of benzene rings is 8. The highest BCUT2D eigenvalue weighted by Crippen LogP contribution is 2.63. The summed E-state index contributed by atoms with van der Waals surface area (Å²) in [5, 5.41) is 0. The molecule has 0 fully saturated rings. The van der Waals surface area contributed by atoms with Crippen molar-refractivity contribution in [2.45, 2.75) is 31.5 Å². The smallest absolute Gasteiger partial charge is 0.144 e. The first kappa shape index (κ1) is 39.2. The van der Waals surface area contributed by atoms with Gasteiger partial charge in [0.2, 0.25) is 0 Å². The van der Waals surface area contributed by atoms with Crippen LogP contribution in [-0.4, -0.2) is 14.2 Å². The number of hydrogen-bond donors (Lipinski definition) is 0. The maximum absolute atomic E-state index is 7.36. The molecule has 8 aromatic carbocycles. The summed E-state index contributed by atoms with van der Waals surface area (Å²) < 4.78 is 14.7. The Morgan fingerprint density at radius 2 is 0.724 bits per heavy atom. The van der Waals surface area contributed by atoms with Crippen molar-refractivity contribution in [2.75, 3.05) is 14.2 Å².